The third-order valence-corrected chi connectivity index (χ3v) is 3.87. The van der Waals surface area contributed by atoms with E-state index in [0.29, 0.717) is 0 Å². The monoisotopic (exact) mass is 227 g/mol. The molecule has 0 aliphatic heterocycles. The summed E-state index contributed by atoms with van der Waals surface area (Å²) in [5.74, 6) is 0.527. The molecule has 0 amide bonds. The van der Waals surface area contributed by atoms with Crippen molar-refractivity contribution >= 4 is 0 Å². The van der Waals surface area contributed by atoms with E-state index in [0.717, 1.165) is 24.0 Å². The third kappa shape index (κ3) is 1.29. The van der Waals surface area contributed by atoms with Crippen LogP contribution in [-0.4, -0.2) is 6.04 Å². The molecule has 0 aromatic heterocycles. The predicted molar refractivity (Wildman–Crippen MR) is 54.1 cm³/mol. The molecule has 1 aromatic carbocycles. The van der Waals surface area contributed by atoms with Crippen LogP contribution in [-0.2, 0) is 6.18 Å². The highest BCUT2D eigenvalue weighted by atomic mass is 19.4. The van der Waals surface area contributed by atoms with E-state index in [9.17, 15) is 13.2 Å². The summed E-state index contributed by atoms with van der Waals surface area (Å²) in [6.07, 6.45) is -2.48. The molecule has 86 valence electrons. The van der Waals surface area contributed by atoms with Crippen molar-refractivity contribution in [1.29, 1.82) is 0 Å². The summed E-state index contributed by atoms with van der Waals surface area (Å²) < 4.78 is 37.7. The Morgan fingerprint density at radius 1 is 1.12 bits per heavy atom. The minimum Gasteiger partial charge on any atom is -0.327 e. The van der Waals surface area contributed by atoms with Crippen LogP contribution in [0.3, 0.4) is 0 Å². The van der Waals surface area contributed by atoms with Crippen molar-refractivity contribution in [1.82, 2.24) is 0 Å². The van der Waals surface area contributed by atoms with E-state index in [1.54, 1.807) is 6.07 Å². The SMILES string of the molecule is N[C@@H]1C[C@@H]2C[C@H]1c1ccc(C(F)(F)F)cc12. The Morgan fingerprint density at radius 3 is 2.56 bits per heavy atom. The number of alkyl halides is 3. The van der Waals surface area contributed by atoms with E-state index in [-0.39, 0.29) is 17.9 Å². The van der Waals surface area contributed by atoms with Gasteiger partial charge >= 0.3 is 6.18 Å². The van der Waals surface area contributed by atoms with Crippen molar-refractivity contribution < 1.29 is 13.2 Å². The first-order chi connectivity index (χ1) is 7.47. The molecule has 0 spiro atoms. The summed E-state index contributed by atoms with van der Waals surface area (Å²) in [7, 11) is 0. The van der Waals surface area contributed by atoms with Gasteiger partial charge in [-0.3, -0.25) is 0 Å². The van der Waals surface area contributed by atoms with Crippen LogP contribution < -0.4 is 5.73 Å². The lowest BCUT2D eigenvalue weighted by atomic mass is 9.87. The number of halogens is 3. The molecule has 1 fully saturated rings. The van der Waals surface area contributed by atoms with Gasteiger partial charge < -0.3 is 5.73 Å². The first kappa shape index (κ1) is 10.1. The molecule has 0 unspecified atom stereocenters. The standard InChI is InChI=1S/C12H12F3N/c13-12(14,15)7-1-2-8-9(5-7)6-3-10(8)11(16)4-6/h1-2,5-6,10-11H,3-4,16H2/t6-,10-,11+/m0/s1. The molecular weight excluding hydrogens is 215 g/mol. The Morgan fingerprint density at radius 2 is 1.88 bits per heavy atom. The number of hydrogen-bond donors (Lipinski definition) is 1. The molecule has 3 rings (SSSR count). The number of rotatable bonds is 0. The zero-order chi connectivity index (χ0) is 11.5. The van der Waals surface area contributed by atoms with Crippen molar-refractivity contribution in [3.8, 4) is 0 Å². The van der Waals surface area contributed by atoms with Crippen LogP contribution in [0.5, 0.6) is 0 Å². The van der Waals surface area contributed by atoms with Crippen LogP contribution in [0.4, 0.5) is 13.2 Å². The first-order valence-corrected chi connectivity index (χ1v) is 5.43. The molecule has 2 N–H and O–H groups in total. The zero-order valence-electron chi connectivity index (χ0n) is 8.59. The van der Waals surface area contributed by atoms with Gasteiger partial charge in [-0.2, -0.15) is 13.2 Å². The molecule has 16 heavy (non-hydrogen) atoms. The molecular formula is C12H12F3N. The Kier molecular flexibility index (Phi) is 1.90. The maximum atomic E-state index is 12.6. The van der Waals surface area contributed by atoms with Gasteiger partial charge in [0.2, 0.25) is 0 Å². The largest absolute Gasteiger partial charge is 0.416 e. The van der Waals surface area contributed by atoms with Crippen LogP contribution in [0.15, 0.2) is 18.2 Å². The predicted octanol–water partition coefficient (Wildman–Crippen LogP) is 3.01. The topological polar surface area (TPSA) is 26.0 Å². The fourth-order valence-corrected chi connectivity index (χ4v) is 3.12. The summed E-state index contributed by atoms with van der Waals surface area (Å²) in [6, 6.07) is 4.23. The Labute approximate surface area is 91.4 Å². The van der Waals surface area contributed by atoms with E-state index in [2.05, 4.69) is 0 Å². The van der Waals surface area contributed by atoms with Gasteiger partial charge in [0.25, 0.3) is 0 Å². The molecule has 1 nitrogen and oxygen atoms in total. The highest BCUT2D eigenvalue weighted by Gasteiger charge is 2.43. The molecule has 1 aromatic rings. The summed E-state index contributed by atoms with van der Waals surface area (Å²) in [4.78, 5) is 0. The molecule has 0 heterocycles. The van der Waals surface area contributed by atoms with E-state index in [1.807, 2.05) is 0 Å². The van der Waals surface area contributed by atoms with Crippen molar-refractivity contribution in [3.05, 3.63) is 34.9 Å². The summed E-state index contributed by atoms with van der Waals surface area (Å²) in [5.41, 5.74) is 7.32. The molecule has 0 radical (unpaired) electrons. The average molecular weight is 227 g/mol. The van der Waals surface area contributed by atoms with Gasteiger partial charge in [0, 0.05) is 6.04 Å². The molecule has 2 aliphatic carbocycles. The van der Waals surface area contributed by atoms with Gasteiger partial charge in [-0.15, -0.1) is 0 Å². The summed E-state index contributed by atoms with van der Waals surface area (Å²) in [6.45, 7) is 0. The van der Waals surface area contributed by atoms with Crippen LogP contribution in [0, 0.1) is 0 Å². The fraction of sp³-hybridized carbons (Fsp3) is 0.500. The van der Waals surface area contributed by atoms with Gasteiger partial charge in [0.1, 0.15) is 0 Å². The van der Waals surface area contributed by atoms with Crippen LogP contribution in [0.1, 0.15) is 41.4 Å². The van der Waals surface area contributed by atoms with Gasteiger partial charge in [-0.1, -0.05) is 6.07 Å². The van der Waals surface area contributed by atoms with E-state index in [4.69, 9.17) is 5.73 Å². The first-order valence-electron chi connectivity index (χ1n) is 5.43. The molecule has 2 bridgehead atoms. The van der Waals surface area contributed by atoms with Crippen molar-refractivity contribution in [3.63, 3.8) is 0 Å². The zero-order valence-corrected chi connectivity index (χ0v) is 8.59. The average Bonchev–Trinajstić information content (AvgIpc) is 2.73. The van der Waals surface area contributed by atoms with Crippen molar-refractivity contribution in [2.45, 2.75) is 36.9 Å². The second-order valence-corrected chi connectivity index (χ2v) is 4.78. The number of fused-ring (bicyclic) bond motifs is 5. The van der Waals surface area contributed by atoms with Crippen molar-refractivity contribution in [2.75, 3.05) is 0 Å². The molecule has 1 saturated carbocycles. The fourth-order valence-electron chi connectivity index (χ4n) is 3.12. The lowest BCUT2D eigenvalue weighted by Gasteiger charge is -2.22. The van der Waals surface area contributed by atoms with Crippen LogP contribution in [0.25, 0.3) is 0 Å². The second-order valence-electron chi connectivity index (χ2n) is 4.78. The molecule has 0 saturated heterocycles. The van der Waals surface area contributed by atoms with Crippen molar-refractivity contribution in [2.24, 2.45) is 5.73 Å². The lowest BCUT2D eigenvalue weighted by Crippen LogP contribution is -2.25. The molecule has 4 heteroatoms. The Bertz CT molecular complexity index is 438. The van der Waals surface area contributed by atoms with Crippen LogP contribution in [0.2, 0.25) is 0 Å². The van der Waals surface area contributed by atoms with Gasteiger partial charge in [-0.25, -0.2) is 0 Å². The maximum Gasteiger partial charge on any atom is 0.416 e. The highest BCUT2D eigenvalue weighted by Crippen LogP contribution is 2.53. The minimum absolute atomic E-state index is 0.134. The van der Waals surface area contributed by atoms with E-state index >= 15 is 0 Å². The van der Waals surface area contributed by atoms with E-state index < -0.39 is 11.7 Å². The molecule has 3 atom stereocenters. The van der Waals surface area contributed by atoms with Crippen LogP contribution >= 0.6 is 0 Å². The normalized spacial score (nSPS) is 31.9. The van der Waals surface area contributed by atoms with Gasteiger partial charge in [-0.05, 0) is 47.9 Å². The summed E-state index contributed by atoms with van der Waals surface area (Å²) >= 11 is 0. The Balaban J connectivity index is 2.06. The van der Waals surface area contributed by atoms with Gasteiger partial charge in [0.05, 0.1) is 5.56 Å². The summed E-state index contributed by atoms with van der Waals surface area (Å²) in [5, 5.41) is 0. The third-order valence-electron chi connectivity index (χ3n) is 3.87. The lowest BCUT2D eigenvalue weighted by molar-refractivity contribution is -0.137. The smallest absolute Gasteiger partial charge is 0.327 e. The quantitative estimate of drug-likeness (QED) is 0.724. The number of nitrogens with two attached hydrogens (primary N) is 1. The number of benzene rings is 1. The molecule has 2 aliphatic rings. The maximum absolute atomic E-state index is 12.6. The van der Waals surface area contributed by atoms with E-state index in [1.165, 1.54) is 12.1 Å². The number of hydrogen-bond acceptors (Lipinski definition) is 1. The minimum atomic E-state index is -4.24. The highest BCUT2D eigenvalue weighted by molar-refractivity contribution is 5.45. The second kappa shape index (κ2) is 3.00. The Hall–Kier alpha value is -1.03. The van der Waals surface area contributed by atoms with Gasteiger partial charge in [0.15, 0.2) is 0 Å².